The molecule has 0 aromatic heterocycles. The maximum absolute atomic E-state index is 13.2. The summed E-state index contributed by atoms with van der Waals surface area (Å²) in [5, 5.41) is 2.88. The molecule has 0 spiro atoms. The van der Waals surface area contributed by atoms with Crippen LogP contribution in [0.25, 0.3) is 0 Å². The zero-order valence-electron chi connectivity index (χ0n) is 10.0. The van der Waals surface area contributed by atoms with Crippen LogP contribution in [-0.2, 0) is 20.8 Å². The molecule has 0 heterocycles. The van der Waals surface area contributed by atoms with Crippen molar-refractivity contribution in [3.8, 4) is 0 Å². The van der Waals surface area contributed by atoms with Crippen molar-refractivity contribution >= 4 is 5.97 Å². The third kappa shape index (κ3) is 5.20. The standard InChI is InChI=1S/C12H15F2NO3/c1-17-8-12(16)18-5-4-15-7-9-2-3-10(13)6-11(9)14/h2-3,6,15H,4-5,7-8H2,1H3. The minimum absolute atomic E-state index is 0.0907. The van der Waals surface area contributed by atoms with Crippen LogP contribution in [0.1, 0.15) is 5.56 Å². The van der Waals surface area contributed by atoms with Crippen LogP contribution in [0.15, 0.2) is 18.2 Å². The summed E-state index contributed by atoms with van der Waals surface area (Å²) in [5.74, 6) is -1.66. The summed E-state index contributed by atoms with van der Waals surface area (Å²) in [4.78, 5) is 10.9. The van der Waals surface area contributed by atoms with Crippen LogP contribution in [0.2, 0.25) is 0 Å². The molecule has 0 aliphatic rings. The number of rotatable bonds is 7. The molecular formula is C12H15F2NO3. The lowest BCUT2D eigenvalue weighted by molar-refractivity contribution is -0.147. The molecule has 0 bridgehead atoms. The van der Waals surface area contributed by atoms with Crippen LogP contribution >= 0.6 is 0 Å². The molecule has 4 nitrogen and oxygen atoms in total. The molecule has 100 valence electrons. The van der Waals surface area contributed by atoms with Crippen LogP contribution in [0.4, 0.5) is 8.78 Å². The maximum Gasteiger partial charge on any atom is 0.332 e. The number of ether oxygens (including phenoxy) is 2. The van der Waals surface area contributed by atoms with E-state index in [-0.39, 0.29) is 19.8 Å². The van der Waals surface area contributed by atoms with E-state index >= 15 is 0 Å². The Morgan fingerprint density at radius 2 is 2.17 bits per heavy atom. The first-order valence-corrected chi connectivity index (χ1v) is 5.42. The molecule has 0 unspecified atom stereocenters. The summed E-state index contributed by atoms with van der Waals surface area (Å²) in [5.41, 5.74) is 0.361. The quantitative estimate of drug-likeness (QED) is 0.591. The lowest BCUT2D eigenvalue weighted by atomic mass is 10.2. The molecule has 0 radical (unpaired) electrons. The van der Waals surface area contributed by atoms with Crippen molar-refractivity contribution in [3.63, 3.8) is 0 Å². The van der Waals surface area contributed by atoms with E-state index < -0.39 is 17.6 Å². The van der Waals surface area contributed by atoms with Gasteiger partial charge in [-0.2, -0.15) is 0 Å². The second kappa shape index (κ2) is 7.73. The van der Waals surface area contributed by atoms with Crippen LogP contribution in [-0.4, -0.2) is 32.8 Å². The lowest BCUT2D eigenvalue weighted by Gasteiger charge is -2.07. The smallest absolute Gasteiger partial charge is 0.332 e. The maximum atomic E-state index is 13.2. The predicted octanol–water partition coefficient (Wildman–Crippen LogP) is 1.24. The van der Waals surface area contributed by atoms with Gasteiger partial charge in [0.1, 0.15) is 24.8 Å². The Kier molecular flexibility index (Phi) is 6.24. The molecular weight excluding hydrogens is 244 g/mol. The van der Waals surface area contributed by atoms with Crippen molar-refractivity contribution < 1.29 is 23.0 Å². The fourth-order valence-corrected chi connectivity index (χ4v) is 1.28. The van der Waals surface area contributed by atoms with E-state index in [1.807, 2.05) is 0 Å². The minimum Gasteiger partial charge on any atom is -0.463 e. The van der Waals surface area contributed by atoms with Gasteiger partial charge in [0.05, 0.1) is 0 Å². The molecule has 1 aromatic rings. The largest absolute Gasteiger partial charge is 0.463 e. The third-order valence-corrected chi connectivity index (χ3v) is 2.13. The number of hydrogen-bond acceptors (Lipinski definition) is 4. The first-order valence-electron chi connectivity index (χ1n) is 5.42. The molecule has 0 aliphatic carbocycles. The highest BCUT2D eigenvalue weighted by molar-refractivity contribution is 5.70. The van der Waals surface area contributed by atoms with E-state index in [0.717, 1.165) is 6.07 Å². The average Bonchev–Trinajstić information content (AvgIpc) is 2.31. The van der Waals surface area contributed by atoms with E-state index in [1.165, 1.54) is 19.2 Å². The molecule has 0 aliphatic heterocycles. The van der Waals surface area contributed by atoms with Crippen molar-refractivity contribution in [1.29, 1.82) is 0 Å². The number of benzene rings is 1. The number of esters is 1. The van der Waals surface area contributed by atoms with E-state index in [1.54, 1.807) is 0 Å². The Hall–Kier alpha value is -1.53. The van der Waals surface area contributed by atoms with Gasteiger partial charge >= 0.3 is 5.97 Å². The molecule has 0 saturated carbocycles. The number of carbonyl (C=O) groups excluding carboxylic acids is 1. The summed E-state index contributed by atoms with van der Waals surface area (Å²) in [6.07, 6.45) is 0. The number of nitrogens with one attached hydrogen (secondary N) is 1. The predicted molar refractivity (Wildman–Crippen MR) is 60.9 cm³/mol. The van der Waals surface area contributed by atoms with Gasteiger partial charge in [-0.3, -0.25) is 0 Å². The number of methoxy groups -OCH3 is 1. The zero-order valence-corrected chi connectivity index (χ0v) is 10.0. The highest BCUT2D eigenvalue weighted by atomic mass is 19.1. The van der Waals surface area contributed by atoms with Gasteiger partial charge < -0.3 is 14.8 Å². The fraction of sp³-hybridized carbons (Fsp3) is 0.417. The Morgan fingerprint density at radius 3 is 2.83 bits per heavy atom. The fourth-order valence-electron chi connectivity index (χ4n) is 1.28. The Labute approximate surface area is 104 Å². The van der Waals surface area contributed by atoms with Crippen molar-refractivity contribution in [2.24, 2.45) is 0 Å². The topological polar surface area (TPSA) is 47.6 Å². The monoisotopic (exact) mass is 259 g/mol. The second-order valence-electron chi connectivity index (χ2n) is 3.57. The first kappa shape index (κ1) is 14.5. The zero-order chi connectivity index (χ0) is 13.4. The number of hydrogen-bond donors (Lipinski definition) is 1. The van der Waals surface area contributed by atoms with Gasteiger partial charge in [0.2, 0.25) is 0 Å². The van der Waals surface area contributed by atoms with Crippen molar-refractivity contribution in [2.45, 2.75) is 6.54 Å². The molecule has 0 amide bonds. The Morgan fingerprint density at radius 1 is 1.39 bits per heavy atom. The van der Waals surface area contributed by atoms with E-state index in [9.17, 15) is 13.6 Å². The van der Waals surface area contributed by atoms with E-state index in [0.29, 0.717) is 12.1 Å². The number of carbonyl (C=O) groups is 1. The molecule has 0 saturated heterocycles. The van der Waals surface area contributed by atoms with E-state index in [2.05, 4.69) is 10.1 Å². The van der Waals surface area contributed by atoms with Crippen LogP contribution in [0.3, 0.4) is 0 Å². The molecule has 18 heavy (non-hydrogen) atoms. The first-order chi connectivity index (χ1) is 8.63. The van der Waals surface area contributed by atoms with Crippen molar-refractivity contribution in [3.05, 3.63) is 35.4 Å². The van der Waals surface area contributed by atoms with Crippen LogP contribution in [0, 0.1) is 11.6 Å². The summed E-state index contributed by atoms with van der Waals surface area (Å²) < 4.78 is 35.2. The average molecular weight is 259 g/mol. The molecule has 6 heteroatoms. The summed E-state index contributed by atoms with van der Waals surface area (Å²) in [7, 11) is 1.40. The highest BCUT2D eigenvalue weighted by Crippen LogP contribution is 2.08. The summed E-state index contributed by atoms with van der Waals surface area (Å²) in [6, 6.07) is 3.39. The van der Waals surface area contributed by atoms with Crippen molar-refractivity contribution in [1.82, 2.24) is 5.32 Å². The normalized spacial score (nSPS) is 10.4. The van der Waals surface area contributed by atoms with Crippen molar-refractivity contribution in [2.75, 3.05) is 26.9 Å². The Balaban J connectivity index is 2.20. The third-order valence-electron chi connectivity index (χ3n) is 2.13. The Bertz CT molecular complexity index is 399. The molecule has 0 atom stereocenters. The molecule has 1 N–H and O–H groups in total. The van der Waals surface area contributed by atoms with Crippen LogP contribution in [0.5, 0.6) is 0 Å². The van der Waals surface area contributed by atoms with Gasteiger partial charge in [0, 0.05) is 31.8 Å². The van der Waals surface area contributed by atoms with Gasteiger partial charge in [-0.15, -0.1) is 0 Å². The summed E-state index contributed by atoms with van der Waals surface area (Å²) >= 11 is 0. The molecule has 1 aromatic carbocycles. The second-order valence-corrected chi connectivity index (χ2v) is 3.57. The van der Waals surface area contributed by atoms with Gasteiger partial charge in [0.25, 0.3) is 0 Å². The van der Waals surface area contributed by atoms with Gasteiger partial charge in [0.15, 0.2) is 0 Å². The van der Waals surface area contributed by atoms with E-state index in [4.69, 9.17) is 4.74 Å². The van der Waals surface area contributed by atoms with Gasteiger partial charge in [-0.05, 0) is 6.07 Å². The molecule has 0 fully saturated rings. The number of halogens is 2. The SMILES string of the molecule is COCC(=O)OCCNCc1ccc(F)cc1F. The van der Waals surface area contributed by atoms with Gasteiger partial charge in [-0.1, -0.05) is 6.07 Å². The minimum atomic E-state index is -0.607. The van der Waals surface area contributed by atoms with Crippen LogP contribution < -0.4 is 5.32 Å². The summed E-state index contributed by atoms with van der Waals surface area (Å²) in [6.45, 7) is 0.706. The lowest BCUT2D eigenvalue weighted by Crippen LogP contribution is -2.22. The van der Waals surface area contributed by atoms with Gasteiger partial charge in [-0.25, -0.2) is 13.6 Å². The highest BCUT2D eigenvalue weighted by Gasteiger charge is 2.04. The molecule has 1 rings (SSSR count).